The van der Waals surface area contributed by atoms with E-state index in [1.807, 2.05) is 27.7 Å². The van der Waals surface area contributed by atoms with E-state index in [4.69, 9.17) is 10.1 Å². The number of ketones is 1. The van der Waals surface area contributed by atoms with Crippen molar-refractivity contribution in [2.75, 3.05) is 20.2 Å². The number of benzene rings is 2. The van der Waals surface area contributed by atoms with Crippen LogP contribution in [-0.4, -0.2) is 53.7 Å². The second-order valence-electron chi connectivity index (χ2n) is 8.96. The third kappa shape index (κ3) is 5.30. The van der Waals surface area contributed by atoms with Gasteiger partial charge in [0.1, 0.15) is 11.6 Å². The van der Waals surface area contributed by atoms with Crippen molar-refractivity contribution in [1.29, 1.82) is 5.41 Å². The maximum atomic E-state index is 13.1. The normalized spacial score (nSPS) is 12.6. The number of ether oxygens (including phenoxy) is 1. The van der Waals surface area contributed by atoms with E-state index in [0.29, 0.717) is 41.2 Å². The monoisotopic (exact) mass is 531 g/mol. The molecule has 1 aliphatic heterocycles. The largest absolute Gasteiger partial charge is 0.493 e. The van der Waals surface area contributed by atoms with Gasteiger partial charge in [-0.1, -0.05) is 26.8 Å². The molecule has 182 valence electrons. The molecular weight excluding hydrogens is 502 g/mol. The molecular formula is C25H30BrN3O5. The van der Waals surface area contributed by atoms with Gasteiger partial charge in [-0.05, 0) is 47.7 Å². The van der Waals surface area contributed by atoms with Gasteiger partial charge in [0.05, 0.1) is 24.3 Å². The van der Waals surface area contributed by atoms with Gasteiger partial charge in [-0.25, -0.2) is 4.79 Å². The quantitative estimate of drug-likeness (QED) is 0.463. The summed E-state index contributed by atoms with van der Waals surface area (Å²) in [5.41, 5.74) is 2.43. The molecule has 3 rings (SSSR count). The number of nitrogens with one attached hydrogen (secondary N) is 2. The number of carbonyl (C=O) groups excluding carboxylic acids is 2. The number of aromatic carboxylic acids is 1. The maximum Gasteiger partial charge on any atom is 0.335 e. The lowest BCUT2D eigenvalue weighted by Crippen LogP contribution is -2.30. The van der Waals surface area contributed by atoms with Crippen molar-refractivity contribution >= 4 is 40.5 Å². The summed E-state index contributed by atoms with van der Waals surface area (Å²) in [5, 5.41) is 20.7. The average Bonchev–Trinajstić information content (AvgIpc) is 3.06. The zero-order valence-electron chi connectivity index (χ0n) is 19.9. The molecule has 0 saturated carbocycles. The Labute approximate surface area is 209 Å². The second-order valence-corrected chi connectivity index (χ2v) is 8.96. The number of nitrogens with zero attached hydrogens (tertiary/aromatic N) is 1. The highest BCUT2D eigenvalue weighted by atomic mass is 79.9. The van der Waals surface area contributed by atoms with Crippen LogP contribution in [0.2, 0.25) is 0 Å². The number of amidine groups is 1. The van der Waals surface area contributed by atoms with E-state index in [1.165, 1.54) is 19.2 Å². The number of Topliss-reactive ketones (excluding diaryl/α,β-unsaturated/α-hetero) is 1. The first-order valence-corrected chi connectivity index (χ1v) is 10.7. The summed E-state index contributed by atoms with van der Waals surface area (Å²) in [4.78, 5) is 38.6. The molecule has 0 bridgehead atoms. The molecule has 0 aliphatic carbocycles. The molecule has 0 spiro atoms. The van der Waals surface area contributed by atoms with Crippen LogP contribution in [0.3, 0.4) is 0 Å². The third-order valence-electron chi connectivity index (χ3n) is 5.62. The van der Waals surface area contributed by atoms with E-state index in [9.17, 15) is 19.5 Å². The Balaban J connectivity index is 0.00000408. The van der Waals surface area contributed by atoms with Crippen molar-refractivity contribution in [2.24, 2.45) is 0 Å². The van der Waals surface area contributed by atoms with Crippen molar-refractivity contribution < 1.29 is 24.2 Å². The molecule has 3 N–H and O–H groups in total. The van der Waals surface area contributed by atoms with Crippen molar-refractivity contribution in [3.8, 4) is 5.75 Å². The summed E-state index contributed by atoms with van der Waals surface area (Å²) >= 11 is 0. The fraction of sp³-hybridized carbons (Fsp3) is 0.360. The van der Waals surface area contributed by atoms with Crippen LogP contribution < -0.4 is 10.1 Å². The van der Waals surface area contributed by atoms with Gasteiger partial charge in [0.25, 0.3) is 5.91 Å². The fourth-order valence-corrected chi connectivity index (χ4v) is 3.94. The smallest absolute Gasteiger partial charge is 0.335 e. The molecule has 0 atom stereocenters. The van der Waals surface area contributed by atoms with Crippen LogP contribution in [0.5, 0.6) is 5.75 Å². The Hall–Kier alpha value is -3.20. The minimum Gasteiger partial charge on any atom is -0.493 e. The van der Waals surface area contributed by atoms with Gasteiger partial charge in [0, 0.05) is 24.7 Å². The maximum absolute atomic E-state index is 13.1. The average molecular weight is 532 g/mol. The number of carboxylic acid groups (broad SMARTS) is 1. The summed E-state index contributed by atoms with van der Waals surface area (Å²) in [6, 6.07) is 8.00. The van der Waals surface area contributed by atoms with E-state index in [1.54, 1.807) is 23.1 Å². The van der Waals surface area contributed by atoms with Crippen molar-refractivity contribution in [1.82, 2.24) is 10.2 Å². The molecule has 2 aromatic rings. The standard InChI is InChI=1S/C25H29N3O5.BrH/c1-6-33-21-10-15-12-28(22(26)17(15)11-18(21)23(30)27-5)13-20(29)14-7-8-16(24(31)32)19(9-14)25(2,3)4;/h7-11,26H,6,12-13H2,1-5H3,(H,27,30)(H,31,32);1H. The topological polar surface area (TPSA) is 120 Å². The minimum absolute atomic E-state index is 0. The molecule has 0 unspecified atom stereocenters. The van der Waals surface area contributed by atoms with Crippen LogP contribution in [0.1, 0.15) is 75.5 Å². The molecule has 1 amide bonds. The number of amides is 1. The predicted octanol–water partition coefficient (Wildman–Crippen LogP) is 4.04. The SMILES string of the molecule is Br.CCOc1cc2c(cc1C(=O)NC)C(=N)N(CC(=O)c1ccc(C(=O)O)c(C(C)(C)C)c1)C2. The Kier molecular flexibility index (Phi) is 8.26. The molecule has 34 heavy (non-hydrogen) atoms. The molecule has 8 nitrogen and oxygen atoms in total. The van der Waals surface area contributed by atoms with Crippen LogP contribution in [0.4, 0.5) is 0 Å². The first kappa shape index (κ1) is 27.0. The third-order valence-corrected chi connectivity index (χ3v) is 5.62. The number of carboxylic acids is 1. The van der Waals surface area contributed by atoms with Gasteiger partial charge >= 0.3 is 5.97 Å². The van der Waals surface area contributed by atoms with Crippen LogP contribution in [-0.2, 0) is 12.0 Å². The highest BCUT2D eigenvalue weighted by Crippen LogP contribution is 2.31. The molecule has 0 saturated heterocycles. The van der Waals surface area contributed by atoms with Gasteiger partial charge in [0.15, 0.2) is 5.78 Å². The summed E-state index contributed by atoms with van der Waals surface area (Å²) in [6.45, 7) is 8.22. The molecule has 1 aliphatic rings. The Morgan fingerprint density at radius 1 is 1.15 bits per heavy atom. The van der Waals surface area contributed by atoms with Crippen molar-refractivity contribution in [3.63, 3.8) is 0 Å². The minimum atomic E-state index is -1.03. The summed E-state index contributed by atoms with van der Waals surface area (Å²) < 4.78 is 5.62. The van der Waals surface area contributed by atoms with Gasteiger partial charge < -0.3 is 20.1 Å². The van der Waals surface area contributed by atoms with Crippen LogP contribution in [0, 0.1) is 5.41 Å². The van der Waals surface area contributed by atoms with Crippen molar-refractivity contribution in [2.45, 2.75) is 39.7 Å². The lowest BCUT2D eigenvalue weighted by atomic mass is 9.82. The molecule has 9 heteroatoms. The lowest BCUT2D eigenvalue weighted by molar-refractivity contribution is 0.0693. The van der Waals surface area contributed by atoms with Gasteiger partial charge in [-0.15, -0.1) is 17.0 Å². The van der Waals surface area contributed by atoms with Gasteiger partial charge in [-0.2, -0.15) is 0 Å². The second kappa shape index (κ2) is 10.4. The fourth-order valence-electron chi connectivity index (χ4n) is 3.94. The van der Waals surface area contributed by atoms with Crippen molar-refractivity contribution in [3.05, 3.63) is 63.7 Å². The summed E-state index contributed by atoms with van der Waals surface area (Å²) in [5.74, 6) is -0.962. The highest BCUT2D eigenvalue weighted by molar-refractivity contribution is 8.93. The highest BCUT2D eigenvalue weighted by Gasteiger charge is 2.30. The molecule has 0 radical (unpaired) electrons. The van der Waals surface area contributed by atoms with Gasteiger partial charge in [0.2, 0.25) is 0 Å². The zero-order valence-corrected chi connectivity index (χ0v) is 21.7. The summed E-state index contributed by atoms with van der Waals surface area (Å²) in [7, 11) is 1.53. The molecule has 1 heterocycles. The number of halogens is 1. The van der Waals surface area contributed by atoms with E-state index in [-0.39, 0.29) is 46.6 Å². The van der Waals surface area contributed by atoms with Gasteiger partial charge in [-0.3, -0.25) is 15.0 Å². The summed E-state index contributed by atoms with van der Waals surface area (Å²) in [6.07, 6.45) is 0. The van der Waals surface area contributed by atoms with E-state index in [2.05, 4.69) is 5.32 Å². The van der Waals surface area contributed by atoms with E-state index >= 15 is 0 Å². The zero-order chi connectivity index (χ0) is 24.5. The van der Waals surface area contributed by atoms with E-state index in [0.717, 1.165) is 5.56 Å². The molecule has 0 fully saturated rings. The number of hydrogen-bond donors (Lipinski definition) is 3. The Bertz CT molecular complexity index is 1150. The van der Waals surface area contributed by atoms with Crippen LogP contribution in [0.15, 0.2) is 30.3 Å². The number of hydrogen-bond acceptors (Lipinski definition) is 5. The molecule has 2 aromatic carbocycles. The Morgan fingerprint density at radius 3 is 2.38 bits per heavy atom. The van der Waals surface area contributed by atoms with Crippen LogP contribution in [0.25, 0.3) is 0 Å². The first-order chi connectivity index (χ1) is 15.5. The number of carbonyl (C=O) groups is 3. The Morgan fingerprint density at radius 2 is 1.82 bits per heavy atom. The predicted molar refractivity (Wildman–Crippen MR) is 135 cm³/mol. The lowest BCUT2D eigenvalue weighted by Gasteiger charge is -2.23. The van der Waals surface area contributed by atoms with Crippen LogP contribution >= 0.6 is 17.0 Å². The number of rotatable bonds is 7. The van der Waals surface area contributed by atoms with E-state index < -0.39 is 11.4 Å². The first-order valence-electron chi connectivity index (χ1n) is 10.7. The number of fused-ring (bicyclic) bond motifs is 1. The molecule has 0 aromatic heterocycles.